The Labute approximate surface area is 179 Å². The van der Waals surface area contributed by atoms with E-state index in [2.05, 4.69) is 16.7 Å². The van der Waals surface area contributed by atoms with Gasteiger partial charge in [-0.2, -0.15) is 5.26 Å². The first-order valence-corrected chi connectivity index (χ1v) is 10.2. The first-order chi connectivity index (χ1) is 14.0. The monoisotopic (exact) mass is 415 g/mol. The number of thioether (sulfide) groups is 1. The number of rotatable bonds is 3. The molecule has 4 nitrogen and oxygen atoms in total. The zero-order valence-electron chi connectivity index (χ0n) is 15.9. The average molecular weight is 416 g/mol. The summed E-state index contributed by atoms with van der Waals surface area (Å²) in [5, 5.41) is 9.01. The Morgan fingerprint density at radius 1 is 1.03 bits per heavy atom. The van der Waals surface area contributed by atoms with Crippen molar-refractivity contribution in [3.63, 3.8) is 0 Å². The third-order valence-corrected chi connectivity index (χ3v) is 6.12. The van der Waals surface area contributed by atoms with Crippen molar-refractivity contribution in [2.24, 2.45) is 0 Å². The summed E-state index contributed by atoms with van der Waals surface area (Å²) in [4.78, 5) is 15.2. The summed E-state index contributed by atoms with van der Waals surface area (Å²) in [5.74, 6) is -0.102. The van der Waals surface area contributed by atoms with Gasteiger partial charge in [0.2, 0.25) is 0 Å². The van der Waals surface area contributed by atoms with Gasteiger partial charge in [-0.15, -0.1) is 0 Å². The zero-order chi connectivity index (χ0) is 20.5. The van der Waals surface area contributed by atoms with Gasteiger partial charge in [0.05, 0.1) is 22.2 Å². The quantitative estimate of drug-likeness (QED) is 0.426. The van der Waals surface area contributed by atoms with Crippen molar-refractivity contribution in [2.75, 3.05) is 4.90 Å². The molecule has 1 aromatic heterocycles. The zero-order valence-corrected chi connectivity index (χ0v) is 17.6. The van der Waals surface area contributed by atoms with E-state index < -0.39 is 0 Å². The van der Waals surface area contributed by atoms with Gasteiger partial charge in [-0.25, -0.2) is 0 Å². The molecule has 2 aromatic carbocycles. The van der Waals surface area contributed by atoms with Crippen LogP contribution in [0.5, 0.6) is 0 Å². The van der Waals surface area contributed by atoms with E-state index in [-0.39, 0.29) is 5.91 Å². The molecule has 6 heteroatoms. The number of para-hydroxylation sites is 1. The Balaban J connectivity index is 1.70. The number of carbonyl (C=O) groups is 1. The maximum atomic E-state index is 13.0. The molecule has 0 atom stereocenters. The van der Waals surface area contributed by atoms with Crippen LogP contribution in [-0.4, -0.2) is 14.8 Å². The largest absolute Gasteiger partial charge is 0.318 e. The molecule has 4 rings (SSSR count). The predicted octanol–water partition coefficient (Wildman–Crippen LogP) is 5.37. The van der Waals surface area contributed by atoms with Crippen LogP contribution >= 0.6 is 24.0 Å². The van der Waals surface area contributed by atoms with Gasteiger partial charge < -0.3 is 4.57 Å². The highest BCUT2D eigenvalue weighted by molar-refractivity contribution is 8.27. The first-order valence-electron chi connectivity index (χ1n) is 9.02. The highest BCUT2D eigenvalue weighted by atomic mass is 32.2. The fraction of sp³-hybridized carbons (Fsp3) is 0.0870. The summed E-state index contributed by atoms with van der Waals surface area (Å²) in [5.41, 5.74) is 5.44. The highest BCUT2D eigenvalue weighted by Gasteiger charge is 2.33. The Hall–Kier alpha value is -3.14. The minimum absolute atomic E-state index is 0.102. The number of carbonyl (C=O) groups excluding carboxylic acids is 1. The van der Waals surface area contributed by atoms with Crippen molar-refractivity contribution in [3.8, 4) is 11.8 Å². The van der Waals surface area contributed by atoms with Crippen LogP contribution in [0.4, 0.5) is 5.69 Å². The van der Waals surface area contributed by atoms with Crippen molar-refractivity contribution in [2.45, 2.75) is 13.8 Å². The molecule has 0 spiro atoms. The Morgan fingerprint density at radius 3 is 2.38 bits per heavy atom. The number of nitrogens with zero attached hydrogens (tertiary/aromatic N) is 3. The average Bonchev–Trinajstić information content (AvgIpc) is 3.17. The second-order valence-electron chi connectivity index (χ2n) is 6.67. The number of amides is 1. The lowest BCUT2D eigenvalue weighted by molar-refractivity contribution is -0.113. The third-order valence-electron chi connectivity index (χ3n) is 4.82. The van der Waals surface area contributed by atoms with Crippen molar-refractivity contribution < 1.29 is 4.79 Å². The van der Waals surface area contributed by atoms with Gasteiger partial charge in [0.15, 0.2) is 4.32 Å². The van der Waals surface area contributed by atoms with E-state index in [4.69, 9.17) is 17.5 Å². The molecule has 0 N–H and O–H groups in total. The molecule has 2 heterocycles. The van der Waals surface area contributed by atoms with Gasteiger partial charge in [-0.1, -0.05) is 42.2 Å². The third kappa shape index (κ3) is 3.51. The lowest BCUT2D eigenvalue weighted by atomic mass is 10.2. The lowest BCUT2D eigenvalue weighted by Gasteiger charge is -2.13. The van der Waals surface area contributed by atoms with Gasteiger partial charge in [-0.05, 0) is 68.0 Å². The summed E-state index contributed by atoms with van der Waals surface area (Å²) in [7, 11) is 0. The summed E-state index contributed by atoms with van der Waals surface area (Å²) in [6.07, 6.45) is 1.91. The normalized spacial score (nSPS) is 15.2. The Morgan fingerprint density at radius 2 is 1.72 bits per heavy atom. The fourth-order valence-corrected chi connectivity index (χ4v) is 4.71. The molecule has 1 amide bonds. The second kappa shape index (κ2) is 7.70. The molecule has 0 radical (unpaired) electrons. The van der Waals surface area contributed by atoms with Crippen LogP contribution in [-0.2, 0) is 4.79 Å². The van der Waals surface area contributed by atoms with Crippen LogP contribution < -0.4 is 4.90 Å². The van der Waals surface area contributed by atoms with Crippen LogP contribution in [0.15, 0.2) is 65.6 Å². The summed E-state index contributed by atoms with van der Waals surface area (Å²) in [6.45, 7) is 4.05. The van der Waals surface area contributed by atoms with E-state index in [1.54, 1.807) is 17.0 Å². The van der Waals surface area contributed by atoms with Crippen LogP contribution in [0.3, 0.4) is 0 Å². The van der Waals surface area contributed by atoms with Gasteiger partial charge in [0.25, 0.3) is 5.91 Å². The van der Waals surface area contributed by atoms with E-state index in [0.29, 0.717) is 14.8 Å². The predicted molar refractivity (Wildman–Crippen MR) is 122 cm³/mol. The maximum absolute atomic E-state index is 13.0. The number of benzene rings is 2. The van der Waals surface area contributed by atoms with Gasteiger partial charge in [0.1, 0.15) is 0 Å². The summed E-state index contributed by atoms with van der Waals surface area (Å²) < 4.78 is 2.65. The number of hydrogen-bond acceptors (Lipinski definition) is 4. The lowest BCUT2D eigenvalue weighted by Crippen LogP contribution is -2.27. The number of anilines is 1. The molecule has 29 heavy (non-hydrogen) atoms. The van der Waals surface area contributed by atoms with E-state index in [1.807, 2.05) is 62.4 Å². The Kier molecular flexibility index (Phi) is 5.10. The second-order valence-corrected chi connectivity index (χ2v) is 8.35. The van der Waals surface area contributed by atoms with Crippen molar-refractivity contribution in [1.29, 1.82) is 5.26 Å². The fourth-order valence-electron chi connectivity index (χ4n) is 3.42. The molecule has 1 aliphatic heterocycles. The van der Waals surface area contributed by atoms with Crippen LogP contribution in [0.1, 0.15) is 22.5 Å². The van der Waals surface area contributed by atoms with Gasteiger partial charge in [0, 0.05) is 17.1 Å². The van der Waals surface area contributed by atoms with E-state index in [0.717, 1.165) is 28.3 Å². The number of aryl methyl sites for hydroxylation is 1. The SMILES string of the molecule is Cc1cc(/C=C2/SC(=S)N(c3ccccc3)C2=O)c(C)n1-c1ccc(C#N)cc1. The minimum Gasteiger partial charge on any atom is -0.318 e. The van der Waals surface area contributed by atoms with Crippen molar-refractivity contribution in [3.05, 3.63) is 88.1 Å². The molecule has 142 valence electrons. The molecular formula is C23H17N3OS2. The number of nitriles is 1. The van der Waals surface area contributed by atoms with Crippen LogP contribution in [0, 0.1) is 25.2 Å². The van der Waals surface area contributed by atoms with Gasteiger partial charge in [-0.3, -0.25) is 9.69 Å². The number of aromatic nitrogens is 1. The van der Waals surface area contributed by atoms with Crippen molar-refractivity contribution >= 4 is 46.0 Å². The molecular weight excluding hydrogens is 398 g/mol. The molecule has 3 aromatic rings. The highest BCUT2D eigenvalue weighted by Crippen LogP contribution is 2.36. The molecule has 1 fully saturated rings. The van der Waals surface area contributed by atoms with E-state index in [1.165, 1.54) is 11.8 Å². The Bertz CT molecular complexity index is 1190. The van der Waals surface area contributed by atoms with Crippen molar-refractivity contribution in [1.82, 2.24) is 4.57 Å². The van der Waals surface area contributed by atoms with Crippen LogP contribution in [0.25, 0.3) is 11.8 Å². The number of hydrogen-bond donors (Lipinski definition) is 0. The topological polar surface area (TPSA) is 49.0 Å². The first kappa shape index (κ1) is 19.2. The minimum atomic E-state index is -0.102. The van der Waals surface area contributed by atoms with Gasteiger partial charge >= 0.3 is 0 Å². The van der Waals surface area contributed by atoms with E-state index >= 15 is 0 Å². The molecule has 1 saturated heterocycles. The summed E-state index contributed by atoms with van der Waals surface area (Å²) >= 11 is 6.77. The molecule has 0 aliphatic carbocycles. The molecule has 1 aliphatic rings. The molecule has 0 unspecified atom stereocenters. The molecule has 0 bridgehead atoms. The van der Waals surface area contributed by atoms with Crippen LogP contribution in [0.2, 0.25) is 0 Å². The summed E-state index contributed by atoms with van der Waals surface area (Å²) in [6, 6.07) is 21.1. The smallest absolute Gasteiger partial charge is 0.270 e. The van der Waals surface area contributed by atoms with E-state index in [9.17, 15) is 4.79 Å². The molecule has 0 saturated carbocycles. The maximum Gasteiger partial charge on any atom is 0.270 e. The standard InChI is InChI=1S/C23H17N3OS2/c1-15-12-18(16(2)25(15)20-10-8-17(14-24)9-11-20)13-21-22(27)26(23(28)29-21)19-6-4-3-5-7-19/h3-13H,1-2H3/b21-13+. The number of thiocarbonyl (C=S) groups is 1.